The van der Waals surface area contributed by atoms with Gasteiger partial charge in [-0.25, -0.2) is 4.39 Å². The van der Waals surface area contributed by atoms with E-state index in [9.17, 15) is 4.39 Å². The Kier molecular flexibility index (Phi) is 7.17. The van der Waals surface area contributed by atoms with Crippen molar-refractivity contribution in [1.29, 1.82) is 5.41 Å². The lowest BCUT2D eigenvalue weighted by molar-refractivity contribution is 0.0843. The molecule has 0 radical (unpaired) electrons. The number of rotatable bonds is 7. The van der Waals surface area contributed by atoms with Crippen molar-refractivity contribution in [3.8, 4) is 16.8 Å². The number of halogens is 1. The van der Waals surface area contributed by atoms with E-state index in [0.717, 1.165) is 51.6 Å². The van der Waals surface area contributed by atoms with Crippen LogP contribution in [0.1, 0.15) is 30.0 Å². The van der Waals surface area contributed by atoms with Crippen molar-refractivity contribution in [3.63, 3.8) is 0 Å². The van der Waals surface area contributed by atoms with Gasteiger partial charge in [0.25, 0.3) is 0 Å². The van der Waals surface area contributed by atoms with Crippen LogP contribution in [0.5, 0.6) is 0 Å². The minimum Gasteiger partial charge on any atom is -0.398 e. The molecule has 6 nitrogen and oxygen atoms in total. The smallest absolute Gasteiger partial charge is 0.204 e. The second-order valence-corrected chi connectivity index (χ2v) is 10.5. The third kappa shape index (κ3) is 4.44. The first kappa shape index (κ1) is 24.6. The van der Waals surface area contributed by atoms with Crippen LogP contribution < -0.4 is 11.0 Å². The van der Waals surface area contributed by atoms with Crippen LogP contribution >= 0.6 is 8.38 Å². The molecular formula is C28H29FN3O3P. The highest BCUT2D eigenvalue weighted by Gasteiger charge is 2.28. The molecule has 0 spiro atoms. The Hall–Kier alpha value is -3.09. The SMILES string of the molecule is COP(OC)c1ccc(-c2c(C3CCOCC3)n(-c3ccc(F)cc3)c3cc(C=N)c(N)cc23)cc1. The van der Waals surface area contributed by atoms with Crippen LogP contribution in [0.3, 0.4) is 0 Å². The topological polar surface area (TPSA) is 82.5 Å². The number of ether oxygens (including phenoxy) is 1. The van der Waals surface area contributed by atoms with Crippen molar-refractivity contribution in [2.45, 2.75) is 18.8 Å². The summed E-state index contributed by atoms with van der Waals surface area (Å²) < 4.78 is 32.8. The third-order valence-corrected chi connectivity index (χ3v) is 8.14. The van der Waals surface area contributed by atoms with Crippen molar-refractivity contribution in [1.82, 2.24) is 4.57 Å². The van der Waals surface area contributed by atoms with E-state index < -0.39 is 8.38 Å². The highest BCUT2D eigenvalue weighted by Crippen LogP contribution is 2.45. The molecule has 1 aliphatic heterocycles. The number of hydrogen-bond acceptors (Lipinski definition) is 5. The zero-order valence-electron chi connectivity index (χ0n) is 20.3. The van der Waals surface area contributed by atoms with Crippen LogP contribution in [0.4, 0.5) is 10.1 Å². The molecule has 0 atom stereocenters. The third-order valence-electron chi connectivity index (χ3n) is 6.76. The van der Waals surface area contributed by atoms with Gasteiger partial charge in [-0.3, -0.25) is 0 Å². The summed E-state index contributed by atoms with van der Waals surface area (Å²) in [5.41, 5.74) is 12.7. The van der Waals surface area contributed by atoms with Crippen LogP contribution in [-0.2, 0) is 13.8 Å². The molecule has 2 heterocycles. The summed E-state index contributed by atoms with van der Waals surface area (Å²) in [6.45, 7) is 1.38. The number of nitrogens with zero attached hydrogens (tertiary/aromatic N) is 1. The minimum atomic E-state index is -1.14. The maximum absolute atomic E-state index is 13.9. The molecule has 5 rings (SSSR count). The summed E-state index contributed by atoms with van der Waals surface area (Å²) in [5.74, 6) is -0.0403. The zero-order chi connectivity index (χ0) is 25.2. The Morgan fingerprint density at radius 1 is 1.03 bits per heavy atom. The van der Waals surface area contributed by atoms with E-state index in [1.807, 2.05) is 24.3 Å². The quantitative estimate of drug-likeness (QED) is 0.180. The number of nitrogens with one attached hydrogen (secondary N) is 1. The number of benzene rings is 3. The lowest BCUT2D eigenvalue weighted by atomic mass is 9.90. The summed E-state index contributed by atoms with van der Waals surface area (Å²) >= 11 is 0. The molecule has 8 heteroatoms. The Labute approximate surface area is 211 Å². The number of nitrogens with two attached hydrogens (primary N) is 1. The second kappa shape index (κ2) is 10.5. The fourth-order valence-corrected chi connectivity index (χ4v) is 6.04. The predicted molar refractivity (Wildman–Crippen MR) is 144 cm³/mol. The van der Waals surface area contributed by atoms with Gasteiger partial charge in [0.2, 0.25) is 8.38 Å². The average molecular weight is 506 g/mol. The highest BCUT2D eigenvalue weighted by atomic mass is 31.2. The summed E-state index contributed by atoms with van der Waals surface area (Å²) in [7, 11) is 2.16. The maximum atomic E-state index is 13.9. The van der Waals surface area contributed by atoms with Gasteiger partial charge in [-0.05, 0) is 66.9 Å². The molecule has 0 unspecified atom stereocenters. The monoisotopic (exact) mass is 505 g/mol. The van der Waals surface area contributed by atoms with Crippen molar-refractivity contribution >= 4 is 36.5 Å². The normalized spacial score (nSPS) is 14.6. The van der Waals surface area contributed by atoms with Crippen molar-refractivity contribution in [2.24, 2.45) is 0 Å². The molecule has 4 aromatic rings. The van der Waals surface area contributed by atoms with Gasteiger partial charge in [-0.15, -0.1) is 0 Å². The van der Waals surface area contributed by atoms with Crippen LogP contribution in [0.25, 0.3) is 27.7 Å². The van der Waals surface area contributed by atoms with Gasteiger partial charge in [0.05, 0.1) is 5.52 Å². The number of nitrogen functional groups attached to an aromatic ring is 1. The van der Waals surface area contributed by atoms with E-state index in [1.165, 1.54) is 18.3 Å². The molecule has 1 saturated heterocycles. The Bertz CT molecular complexity index is 1380. The van der Waals surface area contributed by atoms with Crippen molar-refractivity contribution in [3.05, 3.63) is 77.7 Å². The molecule has 0 amide bonds. The maximum Gasteiger partial charge on any atom is 0.204 e. The largest absolute Gasteiger partial charge is 0.398 e. The molecule has 3 N–H and O–H groups in total. The zero-order valence-corrected chi connectivity index (χ0v) is 21.2. The van der Waals surface area contributed by atoms with E-state index in [2.05, 4.69) is 16.7 Å². The Balaban J connectivity index is 1.82. The first-order valence-electron chi connectivity index (χ1n) is 11.9. The van der Waals surface area contributed by atoms with E-state index in [-0.39, 0.29) is 11.7 Å². The molecule has 3 aromatic carbocycles. The highest BCUT2D eigenvalue weighted by molar-refractivity contribution is 7.55. The molecule has 1 fully saturated rings. The standard InChI is InChI=1S/C28H29FN3O3P/c1-33-36(34-2)23-9-3-18(4-10-23)27-24-16-25(31)20(17-30)15-26(24)32(22-7-5-21(29)6-8-22)28(27)19-11-13-35-14-12-19/h3-10,15-17,19,30H,11-14,31H2,1-2H3. The summed E-state index contributed by atoms with van der Waals surface area (Å²) in [5, 5.41) is 9.86. The van der Waals surface area contributed by atoms with Gasteiger partial charge in [-0.2, -0.15) is 0 Å². The number of anilines is 1. The van der Waals surface area contributed by atoms with Crippen molar-refractivity contribution in [2.75, 3.05) is 33.2 Å². The lowest BCUT2D eigenvalue weighted by Gasteiger charge is -2.26. The Morgan fingerprint density at radius 3 is 2.31 bits per heavy atom. The van der Waals surface area contributed by atoms with Crippen LogP contribution in [0.15, 0.2) is 60.7 Å². The number of fused-ring (bicyclic) bond motifs is 1. The minimum absolute atomic E-state index is 0.241. The van der Waals surface area contributed by atoms with Gasteiger partial charge < -0.3 is 29.5 Å². The molecule has 1 aliphatic rings. The first-order valence-corrected chi connectivity index (χ1v) is 13.0. The molecule has 0 saturated carbocycles. The summed E-state index contributed by atoms with van der Waals surface area (Å²) in [6.07, 6.45) is 3.04. The van der Waals surface area contributed by atoms with Gasteiger partial charge >= 0.3 is 0 Å². The van der Waals surface area contributed by atoms with Crippen LogP contribution in [0.2, 0.25) is 0 Å². The van der Waals surface area contributed by atoms with Gasteiger partial charge in [0.1, 0.15) is 5.82 Å². The van der Waals surface area contributed by atoms with Gasteiger partial charge in [0, 0.05) is 78.5 Å². The first-order chi connectivity index (χ1) is 17.5. The molecule has 0 aliphatic carbocycles. The second-order valence-electron chi connectivity index (χ2n) is 8.77. The number of aromatic nitrogens is 1. The molecule has 0 bridgehead atoms. The van der Waals surface area contributed by atoms with E-state index >= 15 is 0 Å². The van der Waals surface area contributed by atoms with Crippen LogP contribution in [0, 0.1) is 11.2 Å². The predicted octanol–water partition coefficient (Wildman–Crippen LogP) is 6.14. The molecule has 36 heavy (non-hydrogen) atoms. The van der Waals surface area contributed by atoms with Gasteiger partial charge in [0.15, 0.2) is 0 Å². The lowest BCUT2D eigenvalue weighted by Crippen LogP contribution is -2.17. The summed E-state index contributed by atoms with van der Waals surface area (Å²) in [4.78, 5) is 0. The molecular weight excluding hydrogens is 476 g/mol. The summed E-state index contributed by atoms with van der Waals surface area (Å²) in [6, 6.07) is 18.7. The molecule has 186 valence electrons. The fourth-order valence-electron chi connectivity index (χ4n) is 5.08. The average Bonchev–Trinajstić information content (AvgIpc) is 3.24. The molecule has 1 aromatic heterocycles. The van der Waals surface area contributed by atoms with Crippen molar-refractivity contribution < 1.29 is 18.2 Å². The van der Waals surface area contributed by atoms with Crippen LogP contribution in [-0.4, -0.2) is 38.2 Å². The number of hydrogen-bond donors (Lipinski definition) is 2. The van der Waals surface area contributed by atoms with Gasteiger partial charge in [-0.1, -0.05) is 12.1 Å². The Morgan fingerprint density at radius 2 is 1.69 bits per heavy atom. The van der Waals surface area contributed by atoms with E-state index in [4.69, 9.17) is 24.9 Å². The van der Waals surface area contributed by atoms with E-state index in [1.54, 1.807) is 26.4 Å². The fraction of sp³-hybridized carbons (Fsp3) is 0.250. The van der Waals surface area contributed by atoms with E-state index in [0.29, 0.717) is 24.5 Å².